The van der Waals surface area contributed by atoms with Gasteiger partial charge in [-0.1, -0.05) is 18.2 Å². The number of phenolic OH excluding ortho intramolecular Hbond substituents is 1. The van der Waals surface area contributed by atoms with Gasteiger partial charge in [-0.25, -0.2) is 0 Å². The summed E-state index contributed by atoms with van der Waals surface area (Å²) in [4.78, 5) is 0. The molecule has 15 heavy (non-hydrogen) atoms. The van der Waals surface area contributed by atoms with Gasteiger partial charge in [-0.3, -0.25) is 0 Å². The molecule has 0 fully saturated rings. The van der Waals surface area contributed by atoms with E-state index in [1.807, 2.05) is 0 Å². The standard InChI is InChI=1S/C10H9F3O2/c11-10(12,13)8(5-6-14)7-3-1-2-4-9(7)15/h1-5,14-15H,6H2/b8-5+. The van der Waals surface area contributed by atoms with Crippen molar-refractivity contribution in [3.05, 3.63) is 35.9 Å². The molecule has 2 nitrogen and oxygen atoms in total. The number of para-hydroxylation sites is 1. The van der Waals surface area contributed by atoms with E-state index in [0.717, 1.165) is 12.1 Å². The normalized spacial score (nSPS) is 12.9. The minimum absolute atomic E-state index is 0.334. The highest BCUT2D eigenvalue weighted by Crippen LogP contribution is 2.37. The third-order valence-corrected chi connectivity index (χ3v) is 1.80. The van der Waals surface area contributed by atoms with Gasteiger partial charge >= 0.3 is 6.18 Å². The molecule has 0 aliphatic heterocycles. The van der Waals surface area contributed by atoms with Crippen LogP contribution in [0.5, 0.6) is 5.75 Å². The van der Waals surface area contributed by atoms with Gasteiger partial charge in [0.2, 0.25) is 0 Å². The summed E-state index contributed by atoms with van der Waals surface area (Å²) >= 11 is 0. The minimum Gasteiger partial charge on any atom is -0.507 e. The third-order valence-electron chi connectivity index (χ3n) is 1.80. The first-order valence-corrected chi connectivity index (χ1v) is 4.13. The first-order chi connectivity index (χ1) is 6.96. The Bertz CT molecular complexity index is 369. The van der Waals surface area contributed by atoms with Crippen LogP contribution in [0.4, 0.5) is 13.2 Å². The van der Waals surface area contributed by atoms with Gasteiger partial charge < -0.3 is 10.2 Å². The monoisotopic (exact) mass is 218 g/mol. The Hall–Kier alpha value is -1.49. The Morgan fingerprint density at radius 3 is 2.33 bits per heavy atom. The van der Waals surface area contributed by atoms with Gasteiger partial charge in [0.15, 0.2) is 0 Å². The summed E-state index contributed by atoms with van der Waals surface area (Å²) < 4.78 is 37.4. The van der Waals surface area contributed by atoms with E-state index in [-0.39, 0.29) is 5.56 Å². The van der Waals surface area contributed by atoms with E-state index >= 15 is 0 Å². The lowest BCUT2D eigenvalue weighted by molar-refractivity contribution is -0.0693. The Morgan fingerprint density at radius 2 is 1.87 bits per heavy atom. The predicted molar refractivity (Wildman–Crippen MR) is 49.2 cm³/mol. The van der Waals surface area contributed by atoms with Gasteiger partial charge in [-0.15, -0.1) is 0 Å². The number of phenols is 1. The molecule has 5 heteroatoms. The highest BCUT2D eigenvalue weighted by atomic mass is 19.4. The van der Waals surface area contributed by atoms with E-state index in [0.29, 0.717) is 6.08 Å². The summed E-state index contributed by atoms with van der Waals surface area (Å²) in [5.74, 6) is -0.463. The van der Waals surface area contributed by atoms with E-state index in [9.17, 15) is 18.3 Å². The lowest BCUT2D eigenvalue weighted by Gasteiger charge is -2.12. The second-order valence-corrected chi connectivity index (χ2v) is 2.82. The molecule has 0 aromatic heterocycles. The predicted octanol–water partition coefficient (Wildman–Crippen LogP) is 2.33. The van der Waals surface area contributed by atoms with E-state index in [2.05, 4.69) is 0 Å². The van der Waals surface area contributed by atoms with Crippen LogP contribution in [0, 0.1) is 0 Å². The molecule has 2 N–H and O–H groups in total. The number of benzene rings is 1. The van der Waals surface area contributed by atoms with Gasteiger partial charge in [0.05, 0.1) is 12.2 Å². The van der Waals surface area contributed by atoms with Crippen LogP contribution in [0.1, 0.15) is 5.56 Å². The molecule has 1 aromatic carbocycles. The summed E-state index contributed by atoms with van der Waals surface area (Å²) in [6.45, 7) is -0.733. The number of allylic oxidation sites excluding steroid dienone is 1. The van der Waals surface area contributed by atoms with Crippen LogP contribution in [-0.2, 0) is 0 Å². The molecule has 0 spiro atoms. The van der Waals surface area contributed by atoms with Crippen molar-refractivity contribution in [1.82, 2.24) is 0 Å². The van der Waals surface area contributed by atoms with Crippen LogP contribution in [0.25, 0.3) is 5.57 Å². The van der Waals surface area contributed by atoms with Gasteiger partial charge in [0.25, 0.3) is 0 Å². The fourth-order valence-corrected chi connectivity index (χ4v) is 1.17. The van der Waals surface area contributed by atoms with Crippen molar-refractivity contribution in [3.8, 4) is 5.75 Å². The van der Waals surface area contributed by atoms with Gasteiger partial charge in [-0.2, -0.15) is 13.2 Å². The van der Waals surface area contributed by atoms with Crippen molar-refractivity contribution in [2.24, 2.45) is 0 Å². The van der Waals surface area contributed by atoms with E-state index in [4.69, 9.17) is 5.11 Å². The number of hydrogen-bond acceptors (Lipinski definition) is 2. The van der Waals surface area contributed by atoms with Crippen LogP contribution in [-0.4, -0.2) is 23.0 Å². The zero-order chi connectivity index (χ0) is 11.5. The molecule has 0 radical (unpaired) electrons. The van der Waals surface area contributed by atoms with Crippen LogP contribution in [0.3, 0.4) is 0 Å². The maximum absolute atomic E-state index is 12.5. The van der Waals surface area contributed by atoms with Crippen molar-refractivity contribution in [1.29, 1.82) is 0 Å². The number of aliphatic hydroxyl groups is 1. The van der Waals surface area contributed by atoms with Gasteiger partial charge in [-0.05, 0) is 12.1 Å². The molecule has 1 aromatic rings. The highest BCUT2D eigenvalue weighted by molar-refractivity contribution is 5.73. The molecular formula is C10H9F3O2. The molecule has 0 heterocycles. The minimum atomic E-state index is -4.60. The topological polar surface area (TPSA) is 40.5 Å². The van der Waals surface area contributed by atoms with Crippen molar-refractivity contribution in [2.45, 2.75) is 6.18 Å². The van der Waals surface area contributed by atoms with Crippen molar-refractivity contribution < 1.29 is 23.4 Å². The third kappa shape index (κ3) is 2.73. The van der Waals surface area contributed by atoms with Gasteiger partial charge in [0, 0.05) is 5.56 Å². The molecule has 0 saturated carbocycles. The zero-order valence-electron chi connectivity index (χ0n) is 7.62. The SMILES string of the molecule is OC/C=C(\c1ccccc1O)C(F)(F)F. The smallest absolute Gasteiger partial charge is 0.416 e. The molecule has 0 atom stereocenters. The molecule has 82 valence electrons. The van der Waals surface area contributed by atoms with Crippen molar-refractivity contribution in [3.63, 3.8) is 0 Å². The largest absolute Gasteiger partial charge is 0.507 e. The zero-order valence-corrected chi connectivity index (χ0v) is 7.62. The summed E-state index contributed by atoms with van der Waals surface area (Å²) in [5.41, 5.74) is -1.37. The number of hydrogen-bond donors (Lipinski definition) is 2. The molecule has 0 aliphatic rings. The molecular weight excluding hydrogens is 209 g/mol. The average Bonchev–Trinajstić information content (AvgIpc) is 2.14. The Kier molecular flexibility index (Phi) is 3.36. The number of aromatic hydroxyl groups is 1. The number of alkyl halides is 3. The molecule has 0 bridgehead atoms. The number of aliphatic hydroxyl groups excluding tert-OH is 1. The van der Waals surface area contributed by atoms with E-state index in [1.54, 1.807) is 0 Å². The Balaban J connectivity index is 3.24. The maximum atomic E-state index is 12.5. The van der Waals surface area contributed by atoms with Crippen LogP contribution in [0.2, 0.25) is 0 Å². The Morgan fingerprint density at radius 1 is 1.27 bits per heavy atom. The molecule has 0 saturated heterocycles. The van der Waals surface area contributed by atoms with Crippen molar-refractivity contribution in [2.75, 3.05) is 6.61 Å². The number of halogens is 3. The first-order valence-electron chi connectivity index (χ1n) is 4.13. The molecule has 1 rings (SSSR count). The lowest BCUT2D eigenvalue weighted by atomic mass is 10.0. The van der Waals surface area contributed by atoms with Crippen molar-refractivity contribution >= 4 is 5.57 Å². The quantitative estimate of drug-likeness (QED) is 0.799. The summed E-state index contributed by atoms with van der Waals surface area (Å²) in [7, 11) is 0. The van der Waals surface area contributed by atoms with Gasteiger partial charge in [0.1, 0.15) is 5.75 Å². The van der Waals surface area contributed by atoms with E-state index in [1.165, 1.54) is 12.1 Å². The summed E-state index contributed by atoms with van der Waals surface area (Å²) in [6.07, 6.45) is -3.98. The fourth-order valence-electron chi connectivity index (χ4n) is 1.17. The maximum Gasteiger partial charge on any atom is 0.416 e. The first kappa shape index (κ1) is 11.6. The van der Waals surface area contributed by atoms with Crippen LogP contribution < -0.4 is 0 Å². The molecule has 0 amide bonds. The second-order valence-electron chi connectivity index (χ2n) is 2.82. The highest BCUT2D eigenvalue weighted by Gasteiger charge is 2.35. The lowest BCUT2D eigenvalue weighted by Crippen LogP contribution is -2.11. The second kappa shape index (κ2) is 4.35. The summed E-state index contributed by atoms with van der Waals surface area (Å²) in [6, 6.07) is 5.11. The number of rotatable bonds is 2. The molecule has 0 unspecified atom stereocenters. The van der Waals surface area contributed by atoms with Crippen LogP contribution in [0.15, 0.2) is 30.3 Å². The fraction of sp³-hybridized carbons (Fsp3) is 0.200. The molecule has 0 aliphatic carbocycles. The average molecular weight is 218 g/mol. The van der Waals surface area contributed by atoms with E-state index < -0.39 is 24.1 Å². The summed E-state index contributed by atoms with van der Waals surface area (Å²) in [5, 5.41) is 17.7. The van der Waals surface area contributed by atoms with Crippen LogP contribution >= 0.6 is 0 Å². The Labute approximate surface area is 84.3 Å².